The standard InChI is InChI=1S/C27H25N5O5/c1-16-6-4-10-31-23(16)29-25-20(27(31)34)12-18(14-28)24(32(25)15-19-7-5-11-37-19)30-26(33)17-8-9-21(35-2)22(13-17)36-3/h4,6,8-10,12-13,19H,5,7,11,15H2,1-3H3. The van der Waals surface area contributed by atoms with E-state index in [1.54, 1.807) is 29.0 Å². The van der Waals surface area contributed by atoms with Crippen molar-refractivity contribution >= 4 is 22.6 Å². The van der Waals surface area contributed by atoms with Gasteiger partial charge in [-0.1, -0.05) is 6.07 Å². The summed E-state index contributed by atoms with van der Waals surface area (Å²) < 4.78 is 19.5. The SMILES string of the molecule is COc1ccc(C(=O)N=c2c(C#N)cc3c(=O)n4cccc(C)c4nc3n2CC2CCCO2)cc1OC. The monoisotopic (exact) mass is 499 g/mol. The normalized spacial score (nSPS) is 15.7. The molecule has 4 aromatic rings. The zero-order valence-electron chi connectivity index (χ0n) is 20.7. The van der Waals surface area contributed by atoms with E-state index in [4.69, 9.17) is 19.2 Å². The highest BCUT2D eigenvalue weighted by Crippen LogP contribution is 2.27. The summed E-state index contributed by atoms with van der Waals surface area (Å²) in [5, 5.41) is 10.3. The first-order chi connectivity index (χ1) is 17.9. The molecule has 10 heteroatoms. The topological polar surface area (TPSA) is 120 Å². The molecule has 1 atom stereocenters. The number of methoxy groups -OCH3 is 2. The van der Waals surface area contributed by atoms with Crippen LogP contribution in [0.3, 0.4) is 0 Å². The van der Waals surface area contributed by atoms with Crippen LogP contribution in [0.25, 0.3) is 16.7 Å². The average molecular weight is 500 g/mol. The van der Waals surface area contributed by atoms with Crippen LogP contribution in [-0.2, 0) is 11.3 Å². The summed E-state index contributed by atoms with van der Waals surface area (Å²) in [4.78, 5) is 35.9. The number of fused-ring (bicyclic) bond motifs is 2. The van der Waals surface area contributed by atoms with Gasteiger partial charge in [0.2, 0.25) is 0 Å². The van der Waals surface area contributed by atoms with E-state index in [1.165, 1.54) is 30.8 Å². The van der Waals surface area contributed by atoms with Crippen LogP contribution in [0, 0.1) is 18.3 Å². The number of benzene rings is 1. The van der Waals surface area contributed by atoms with Gasteiger partial charge in [-0.15, -0.1) is 0 Å². The summed E-state index contributed by atoms with van der Waals surface area (Å²) in [6.45, 7) is 2.78. The molecule has 0 saturated carbocycles. The molecule has 1 unspecified atom stereocenters. The molecule has 1 saturated heterocycles. The maximum absolute atomic E-state index is 13.4. The van der Waals surface area contributed by atoms with E-state index in [9.17, 15) is 14.9 Å². The number of hydrogen-bond acceptors (Lipinski definition) is 7. The number of carbonyl (C=O) groups is 1. The first-order valence-electron chi connectivity index (χ1n) is 11.8. The third-order valence-electron chi connectivity index (χ3n) is 6.47. The molecule has 0 radical (unpaired) electrons. The second-order valence-corrected chi connectivity index (χ2v) is 8.76. The van der Waals surface area contributed by atoms with Crippen molar-refractivity contribution in [1.29, 1.82) is 5.26 Å². The van der Waals surface area contributed by atoms with Crippen molar-refractivity contribution in [3.63, 3.8) is 0 Å². The number of ether oxygens (including phenoxy) is 3. The van der Waals surface area contributed by atoms with Crippen molar-refractivity contribution in [1.82, 2.24) is 14.0 Å². The maximum Gasteiger partial charge on any atom is 0.279 e. The Morgan fingerprint density at radius 1 is 1.22 bits per heavy atom. The lowest BCUT2D eigenvalue weighted by molar-refractivity contribution is 0.0952. The fourth-order valence-electron chi connectivity index (χ4n) is 4.58. The number of pyridine rings is 2. The Balaban J connectivity index is 1.80. The number of aryl methyl sites for hydroxylation is 1. The molecule has 37 heavy (non-hydrogen) atoms. The van der Waals surface area contributed by atoms with Crippen molar-refractivity contribution in [2.24, 2.45) is 4.99 Å². The van der Waals surface area contributed by atoms with Gasteiger partial charge in [0.15, 0.2) is 17.0 Å². The molecule has 1 amide bonds. The Labute approximate surface area is 212 Å². The summed E-state index contributed by atoms with van der Waals surface area (Å²) in [6.07, 6.45) is 3.19. The molecule has 0 spiro atoms. The van der Waals surface area contributed by atoms with E-state index in [0.717, 1.165) is 18.4 Å². The van der Waals surface area contributed by atoms with E-state index in [-0.39, 0.29) is 33.7 Å². The van der Waals surface area contributed by atoms with Gasteiger partial charge in [-0.05, 0) is 55.7 Å². The van der Waals surface area contributed by atoms with Crippen molar-refractivity contribution in [2.45, 2.75) is 32.4 Å². The summed E-state index contributed by atoms with van der Waals surface area (Å²) in [6, 6.07) is 11.9. The maximum atomic E-state index is 13.4. The van der Waals surface area contributed by atoms with Crippen LogP contribution >= 0.6 is 0 Å². The van der Waals surface area contributed by atoms with E-state index < -0.39 is 5.91 Å². The molecule has 5 rings (SSSR count). The number of rotatable bonds is 5. The van der Waals surface area contributed by atoms with Crippen LogP contribution in [-0.4, -0.2) is 46.8 Å². The third-order valence-corrected chi connectivity index (χ3v) is 6.47. The molecular formula is C27H25N5O5. The fourth-order valence-corrected chi connectivity index (χ4v) is 4.58. The highest BCUT2D eigenvalue weighted by atomic mass is 16.5. The minimum atomic E-state index is -0.577. The van der Waals surface area contributed by atoms with Crippen molar-refractivity contribution in [2.75, 3.05) is 20.8 Å². The van der Waals surface area contributed by atoms with Gasteiger partial charge in [0.25, 0.3) is 11.5 Å². The van der Waals surface area contributed by atoms with Gasteiger partial charge < -0.3 is 18.8 Å². The second kappa shape index (κ2) is 9.87. The predicted octanol–water partition coefficient (Wildman–Crippen LogP) is 2.77. The molecule has 188 valence electrons. The quantitative estimate of drug-likeness (QED) is 0.387. The summed E-state index contributed by atoms with van der Waals surface area (Å²) >= 11 is 0. The van der Waals surface area contributed by atoms with Gasteiger partial charge in [0.05, 0.1) is 37.8 Å². The van der Waals surface area contributed by atoms with Crippen molar-refractivity contribution in [3.8, 4) is 17.6 Å². The number of nitriles is 1. The zero-order valence-corrected chi connectivity index (χ0v) is 20.7. The van der Waals surface area contributed by atoms with Gasteiger partial charge in [-0.25, -0.2) is 4.98 Å². The van der Waals surface area contributed by atoms with E-state index in [0.29, 0.717) is 35.9 Å². The van der Waals surface area contributed by atoms with Crippen molar-refractivity contribution in [3.05, 3.63) is 75.1 Å². The first kappa shape index (κ1) is 24.2. The van der Waals surface area contributed by atoms with Crippen LogP contribution in [0.1, 0.15) is 34.3 Å². The number of nitrogens with zero attached hydrogens (tertiary/aromatic N) is 5. The highest BCUT2D eigenvalue weighted by molar-refractivity contribution is 5.95. The molecule has 0 aliphatic carbocycles. The molecule has 1 aliphatic heterocycles. The van der Waals surface area contributed by atoms with Gasteiger partial charge >= 0.3 is 0 Å². The summed E-state index contributed by atoms with van der Waals surface area (Å²) in [5.41, 5.74) is 1.80. The van der Waals surface area contributed by atoms with E-state index >= 15 is 0 Å². The van der Waals surface area contributed by atoms with Gasteiger partial charge in [0, 0.05) is 18.4 Å². The molecule has 3 aromatic heterocycles. The molecule has 1 aromatic carbocycles. The van der Waals surface area contributed by atoms with Gasteiger partial charge in [-0.3, -0.25) is 14.0 Å². The summed E-state index contributed by atoms with van der Waals surface area (Å²) in [7, 11) is 2.99. The lowest BCUT2D eigenvalue weighted by Gasteiger charge is -2.17. The second-order valence-electron chi connectivity index (χ2n) is 8.76. The largest absolute Gasteiger partial charge is 0.493 e. The first-order valence-corrected chi connectivity index (χ1v) is 11.8. The predicted molar refractivity (Wildman–Crippen MR) is 135 cm³/mol. The molecule has 0 bridgehead atoms. The van der Waals surface area contributed by atoms with Crippen LogP contribution in [0.5, 0.6) is 11.5 Å². The number of hydrogen-bond donors (Lipinski definition) is 0. The Hall–Kier alpha value is -4.49. The molecule has 1 fully saturated rings. The average Bonchev–Trinajstić information content (AvgIpc) is 3.43. The molecule has 0 N–H and O–H groups in total. The van der Waals surface area contributed by atoms with Crippen LogP contribution in [0.15, 0.2) is 52.4 Å². The van der Waals surface area contributed by atoms with E-state index in [1.807, 2.05) is 13.0 Å². The smallest absolute Gasteiger partial charge is 0.279 e. The summed E-state index contributed by atoms with van der Waals surface area (Å²) in [5.74, 6) is 0.279. The zero-order chi connectivity index (χ0) is 26.1. The Bertz CT molecular complexity index is 1710. The molecule has 1 aliphatic rings. The van der Waals surface area contributed by atoms with Gasteiger partial charge in [-0.2, -0.15) is 10.3 Å². The lowest BCUT2D eigenvalue weighted by Crippen LogP contribution is -2.33. The van der Waals surface area contributed by atoms with Crippen LogP contribution in [0.4, 0.5) is 0 Å². The highest BCUT2D eigenvalue weighted by Gasteiger charge is 2.22. The van der Waals surface area contributed by atoms with E-state index in [2.05, 4.69) is 11.1 Å². The Kier molecular flexibility index (Phi) is 6.46. The number of carbonyl (C=O) groups excluding carboxylic acids is 1. The fraction of sp³-hybridized carbons (Fsp3) is 0.296. The number of amides is 1. The van der Waals surface area contributed by atoms with Crippen molar-refractivity contribution < 1.29 is 19.0 Å². The van der Waals surface area contributed by atoms with Gasteiger partial charge in [0.1, 0.15) is 17.4 Å². The molecular weight excluding hydrogens is 474 g/mol. The third kappa shape index (κ3) is 4.34. The Morgan fingerprint density at radius 2 is 2.03 bits per heavy atom. The number of aromatic nitrogens is 3. The minimum Gasteiger partial charge on any atom is -0.493 e. The lowest BCUT2D eigenvalue weighted by atomic mass is 10.1. The molecule has 10 nitrogen and oxygen atoms in total. The van der Waals surface area contributed by atoms with Crippen LogP contribution < -0.4 is 20.5 Å². The van der Waals surface area contributed by atoms with Crippen LogP contribution in [0.2, 0.25) is 0 Å². The minimum absolute atomic E-state index is 0.0887. The molecule has 4 heterocycles. The Morgan fingerprint density at radius 3 is 2.73 bits per heavy atom.